The lowest BCUT2D eigenvalue weighted by Crippen LogP contribution is -2.04. The van der Waals surface area contributed by atoms with E-state index in [2.05, 4.69) is 13.0 Å². The number of hydrogen-bond acceptors (Lipinski definition) is 1. The van der Waals surface area contributed by atoms with Gasteiger partial charge in [-0.3, -0.25) is 0 Å². The van der Waals surface area contributed by atoms with Crippen molar-refractivity contribution in [1.29, 1.82) is 0 Å². The molecule has 16 heavy (non-hydrogen) atoms. The normalized spacial score (nSPS) is 12.4. The third-order valence-electron chi connectivity index (χ3n) is 2.75. The van der Waals surface area contributed by atoms with E-state index in [-0.39, 0.29) is 5.38 Å². The Bertz CT molecular complexity index is 299. The number of benzene rings is 1. The van der Waals surface area contributed by atoms with Crippen molar-refractivity contribution in [3.05, 3.63) is 29.8 Å². The zero-order valence-corrected chi connectivity index (χ0v) is 11.0. The van der Waals surface area contributed by atoms with E-state index in [1.807, 2.05) is 18.2 Å². The van der Waals surface area contributed by atoms with Crippen LogP contribution in [-0.4, -0.2) is 12.5 Å². The van der Waals surface area contributed by atoms with Gasteiger partial charge < -0.3 is 4.74 Å². The summed E-state index contributed by atoms with van der Waals surface area (Å²) in [4.78, 5) is 0. The molecule has 0 N–H and O–H groups in total. The number of unbranched alkanes of at least 4 members (excludes halogenated alkanes) is 2. The van der Waals surface area contributed by atoms with Gasteiger partial charge in [-0.15, -0.1) is 11.6 Å². The van der Waals surface area contributed by atoms with Crippen molar-refractivity contribution in [2.45, 2.75) is 44.4 Å². The summed E-state index contributed by atoms with van der Waals surface area (Å²) in [7, 11) is 1.71. The van der Waals surface area contributed by atoms with Crippen LogP contribution in [0.4, 0.5) is 0 Å². The first-order chi connectivity index (χ1) is 7.77. The molecule has 0 aliphatic rings. The molecule has 0 saturated carbocycles. The first-order valence-corrected chi connectivity index (χ1v) is 6.47. The molecule has 1 atom stereocenters. The molecule has 0 aliphatic heterocycles. The molecule has 1 nitrogen and oxygen atoms in total. The highest BCUT2D eigenvalue weighted by molar-refractivity contribution is 6.20. The van der Waals surface area contributed by atoms with Crippen LogP contribution in [0.15, 0.2) is 24.3 Å². The molecule has 0 bridgehead atoms. The van der Waals surface area contributed by atoms with Crippen molar-refractivity contribution in [1.82, 2.24) is 0 Å². The first kappa shape index (κ1) is 13.4. The maximum Gasteiger partial charge on any atom is 0.122 e. The van der Waals surface area contributed by atoms with Gasteiger partial charge >= 0.3 is 0 Å². The molecule has 0 aromatic heterocycles. The second-order valence-corrected chi connectivity index (χ2v) is 4.73. The molecule has 2 heteroatoms. The summed E-state index contributed by atoms with van der Waals surface area (Å²) < 4.78 is 5.31. The molecule has 0 amide bonds. The van der Waals surface area contributed by atoms with Gasteiger partial charge in [0, 0.05) is 5.38 Å². The average Bonchev–Trinajstić information content (AvgIpc) is 2.30. The van der Waals surface area contributed by atoms with Crippen LogP contribution in [0.25, 0.3) is 0 Å². The summed E-state index contributed by atoms with van der Waals surface area (Å²) in [5.41, 5.74) is 1.21. The highest BCUT2D eigenvalue weighted by Gasteiger charge is 2.09. The van der Waals surface area contributed by atoms with Crippen LogP contribution in [0.3, 0.4) is 0 Å². The Morgan fingerprint density at radius 2 is 2.00 bits per heavy atom. The number of ether oxygens (including phenoxy) is 1. The fourth-order valence-electron chi connectivity index (χ4n) is 1.83. The monoisotopic (exact) mass is 240 g/mol. The van der Waals surface area contributed by atoms with E-state index >= 15 is 0 Å². The molecule has 0 heterocycles. The first-order valence-electron chi connectivity index (χ1n) is 6.04. The number of alkyl halides is 1. The molecule has 0 radical (unpaired) electrons. The molecule has 1 aromatic carbocycles. The fraction of sp³-hybridized carbons (Fsp3) is 0.571. The Hall–Kier alpha value is -0.690. The van der Waals surface area contributed by atoms with Crippen LogP contribution >= 0.6 is 11.6 Å². The predicted octanol–water partition coefficient (Wildman–Crippen LogP) is 4.43. The molecule has 90 valence electrons. The second-order valence-electron chi connectivity index (χ2n) is 4.11. The second kappa shape index (κ2) is 7.56. The van der Waals surface area contributed by atoms with E-state index < -0.39 is 0 Å². The number of hydrogen-bond donors (Lipinski definition) is 0. The number of halogens is 1. The fourth-order valence-corrected chi connectivity index (χ4v) is 2.15. The Morgan fingerprint density at radius 3 is 2.69 bits per heavy atom. The minimum atomic E-state index is 0.225. The Kier molecular flexibility index (Phi) is 6.32. The standard InChI is InChI=1S/C14H21ClO/c1-3-4-5-9-13(15)11-12-8-6-7-10-14(12)16-2/h6-8,10,13H,3-5,9,11H2,1-2H3. The van der Waals surface area contributed by atoms with Gasteiger partial charge in [-0.05, 0) is 24.5 Å². The summed E-state index contributed by atoms with van der Waals surface area (Å²) in [5.74, 6) is 0.948. The number of para-hydroxylation sites is 1. The van der Waals surface area contributed by atoms with Gasteiger partial charge in [0.15, 0.2) is 0 Å². The van der Waals surface area contributed by atoms with Crippen molar-refractivity contribution in [2.75, 3.05) is 7.11 Å². The van der Waals surface area contributed by atoms with E-state index in [4.69, 9.17) is 16.3 Å². The molecule has 1 rings (SSSR count). The van der Waals surface area contributed by atoms with E-state index in [1.54, 1.807) is 7.11 Å². The van der Waals surface area contributed by atoms with E-state index in [9.17, 15) is 0 Å². The lowest BCUT2D eigenvalue weighted by molar-refractivity contribution is 0.409. The molecule has 0 fully saturated rings. The van der Waals surface area contributed by atoms with Crippen molar-refractivity contribution >= 4 is 11.6 Å². The molecular weight excluding hydrogens is 220 g/mol. The minimum Gasteiger partial charge on any atom is -0.496 e. The van der Waals surface area contributed by atoms with Crippen LogP contribution in [0, 0.1) is 0 Å². The Morgan fingerprint density at radius 1 is 1.25 bits per heavy atom. The molecule has 0 saturated heterocycles. The number of rotatable bonds is 7. The van der Waals surface area contributed by atoms with E-state index in [0.717, 1.165) is 18.6 Å². The van der Waals surface area contributed by atoms with Gasteiger partial charge in [0.2, 0.25) is 0 Å². The van der Waals surface area contributed by atoms with Gasteiger partial charge in [-0.1, -0.05) is 44.4 Å². The summed E-state index contributed by atoms with van der Waals surface area (Å²) in [6.45, 7) is 2.21. The molecule has 1 aromatic rings. The van der Waals surface area contributed by atoms with Crippen molar-refractivity contribution in [2.24, 2.45) is 0 Å². The zero-order valence-electron chi connectivity index (χ0n) is 10.2. The summed E-state index contributed by atoms with van der Waals surface area (Å²) in [6.07, 6.45) is 5.73. The maximum absolute atomic E-state index is 6.32. The quantitative estimate of drug-likeness (QED) is 0.506. The van der Waals surface area contributed by atoms with Crippen LogP contribution < -0.4 is 4.74 Å². The molecule has 0 spiro atoms. The van der Waals surface area contributed by atoms with Crippen LogP contribution in [0.1, 0.15) is 38.2 Å². The van der Waals surface area contributed by atoms with Crippen molar-refractivity contribution in [3.63, 3.8) is 0 Å². The van der Waals surface area contributed by atoms with Crippen LogP contribution in [0.5, 0.6) is 5.75 Å². The van der Waals surface area contributed by atoms with Crippen LogP contribution in [0.2, 0.25) is 0 Å². The van der Waals surface area contributed by atoms with Gasteiger partial charge in [-0.25, -0.2) is 0 Å². The number of methoxy groups -OCH3 is 1. The van der Waals surface area contributed by atoms with Gasteiger partial charge in [0.25, 0.3) is 0 Å². The predicted molar refractivity (Wildman–Crippen MR) is 70.5 cm³/mol. The zero-order chi connectivity index (χ0) is 11.8. The van der Waals surface area contributed by atoms with E-state index in [0.29, 0.717) is 0 Å². The van der Waals surface area contributed by atoms with Crippen molar-refractivity contribution < 1.29 is 4.74 Å². The molecule has 0 aliphatic carbocycles. The summed E-state index contributed by atoms with van der Waals surface area (Å²) >= 11 is 6.32. The van der Waals surface area contributed by atoms with E-state index in [1.165, 1.54) is 24.8 Å². The lowest BCUT2D eigenvalue weighted by atomic mass is 10.0. The largest absolute Gasteiger partial charge is 0.496 e. The summed E-state index contributed by atoms with van der Waals surface area (Å²) in [5, 5.41) is 0.225. The van der Waals surface area contributed by atoms with Crippen LogP contribution in [-0.2, 0) is 6.42 Å². The van der Waals surface area contributed by atoms with Gasteiger partial charge in [0.05, 0.1) is 7.11 Å². The van der Waals surface area contributed by atoms with Gasteiger partial charge in [-0.2, -0.15) is 0 Å². The van der Waals surface area contributed by atoms with Gasteiger partial charge in [0.1, 0.15) is 5.75 Å². The Balaban J connectivity index is 2.45. The topological polar surface area (TPSA) is 9.23 Å². The highest BCUT2D eigenvalue weighted by atomic mass is 35.5. The average molecular weight is 241 g/mol. The minimum absolute atomic E-state index is 0.225. The molecule has 1 unspecified atom stereocenters. The smallest absolute Gasteiger partial charge is 0.122 e. The third kappa shape index (κ3) is 4.44. The Labute approximate surface area is 104 Å². The SMILES string of the molecule is CCCCCC(Cl)Cc1ccccc1OC. The van der Waals surface area contributed by atoms with Crippen molar-refractivity contribution in [3.8, 4) is 5.75 Å². The highest BCUT2D eigenvalue weighted by Crippen LogP contribution is 2.22. The lowest BCUT2D eigenvalue weighted by Gasteiger charge is -2.12. The third-order valence-corrected chi connectivity index (χ3v) is 3.13. The summed E-state index contributed by atoms with van der Waals surface area (Å²) in [6, 6.07) is 8.11. The maximum atomic E-state index is 6.32. The molecular formula is C14H21ClO.